The van der Waals surface area contributed by atoms with Crippen LogP contribution in [0.3, 0.4) is 0 Å². The zero-order chi connectivity index (χ0) is 12.0. The van der Waals surface area contributed by atoms with Crippen molar-refractivity contribution in [1.29, 1.82) is 0 Å². The van der Waals surface area contributed by atoms with Gasteiger partial charge in [0.05, 0.1) is 12.9 Å². The highest BCUT2D eigenvalue weighted by molar-refractivity contribution is 8.00. The maximum atomic E-state index is 11.2. The Morgan fingerprint density at radius 2 is 2.12 bits per heavy atom. The molecule has 0 atom stereocenters. The van der Waals surface area contributed by atoms with Gasteiger partial charge in [-0.25, -0.2) is 4.79 Å². The van der Waals surface area contributed by atoms with Crippen LogP contribution in [0.4, 0.5) is 4.79 Å². The molecular formula is C10H11NO4S. The van der Waals surface area contributed by atoms with Gasteiger partial charge in [-0.3, -0.25) is 10.1 Å². The third-order valence-electron chi connectivity index (χ3n) is 1.65. The number of methoxy groups -OCH3 is 1. The molecule has 0 saturated carbocycles. The second-order valence-electron chi connectivity index (χ2n) is 2.80. The number of phenolic OH excluding ortho intramolecular Hbond substituents is 1. The molecule has 1 aromatic carbocycles. The normalized spacial score (nSPS) is 9.56. The molecule has 1 rings (SSSR count). The van der Waals surface area contributed by atoms with Crippen molar-refractivity contribution in [3.8, 4) is 5.75 Å². The average molecular weight is 241 g/mol. The van der Waals surface area contributed by atoms with Gasteiger partial charge in [0.2, 0.25) is 5.91 Å². The molecule has 6 heteroatoms. The van der Waals surface area contributed by atoms with E-state index in [1.165, 1.54) is 13.2 Å². The Morgan fingerprint density at radius 1 is 1.44 bits per heavy atom. The maximum Gasteiger partial charge on any atom is 0.413 e. The van der Waals surface area contributed by atoms with Gasteiger partial charge in [-0.1, -0.05) is 12.1 Å². The minimum absolute atomic E-state index is 0.0344. The Hall–Kier alpha value is -1.69. The van der Waals surface area contributed by atoms with Crippen molar-refractivity contribution < 1.29 is 19.4 Å². The van der Waals surface area contributed by atoms with E-state index in [9.17, 15) is 14.7 Å². The van der Waals surface area contributed by atoms with Crippen LogP contribution in [0.25, 0.3) is 0 Å². The van der Waals surface area contributed by atoms with E-state index in [0.29, 0.717) is 4.90 Å². The van der Waals surface area contributed by atoms with Gasteiger partial charge >= 0.3 is 6.09 Å². The minimum atomic E-state index is -0.789. The number of ether oxygens (including phenoxy) is 1. The smallest absolute Gasteiger partial charge is 0.413 e. The predicted molar refractivity (Wildman–Crippen MR) is 59.4 cm³/mol. The summed E-state index contributed by atoms with van der Waals surface area (Å²) in [6.45, 7) is 0. The summed E-state index contributed by atoms with van der Waals surface area (Å²) in [5.74, 6) is -0.328. The fourth-order valence-electron chi connectivity index (χ4n) is 0.923. The number of benzene rings is 1. The van der Waals surface area contributed by atoms with E-state index in [1.807, 2.05) is 5.32 Å². The van der Waals surface area contributed by atoms with Gasteiger partial charge < -0.3 is 9.84 Å². The number of hydrogen-bond acceptors (Lipinski definition) is 5. The lowest BCUT2D eigenvalue weighted by atomic mass is 10.3. The van der Waals surface area contributed by atoms with Crippen LogP contribution >= 0.6 is 11.8 Å². The minimum Gasteiger partial charge on any atom is -0.507 e. The summed E-state index contributed by atoms with van der Waals surface area (Å²) in [7, 11) is 1.18. The zero-order valence-corrected chi connectivity index (χ0v) is 9.41. The van der Waals surface area contributed by atoms with Crippen LogP contribution in [0.5, 0.6) is 5.75 Å². The van der Waals surface area contributed by atoms with Crippen LogP contribution in [0.2, 0.25) is 0 Å². The van der Waals surface area contributed by atoms with Gasteiger partial charge in [-0.2, -0.15) is 0 Å². The number of para-hydroxylation sites is 1. The lowest BCUT2D eigenvalue weighted by molar-refractivity contribution is -0.117. The molecule has 0 aliphatic heterocycles. The summed E-state index contributed by atoms with van der Waals surface area (Å²) in [4.78, 5) is 22.5. The molecule has 0 fully saturated rings. The number of phenols is 1. The molecule has 0 radical (unpaired) electrons. The molecule has 0 spiro atoms. The van der Waals surface area contributed by atoms with Gasteiger partial charge in [0.1, 0.15) is 5.75 Å². The monoisotopic (exact) mass is 241 g/mol. The Morgan fingerprint density at radius 3 is 2.75 bits per heavy atom. The van der Waals surface area contributed by atoms with Crippen molar-refractivity contribution >= 4 is 23.8 Å². The number of hydrogen-bond donors (Lipinski definition) is 2. The van der Waals surface area contributed by atoms with E-state index in [2.05, 4.69) is 4.74 Å². The Balaban J connectivity index is 2.43. The van der Waals surface area contributed by atoms with Gasteiger partial charge in [0.15, 0.2) is 0 Å². The number of thioether (sulfide) groups is 1. The SMILES string of the molecule is COC(=O)NC(=O)CSc1ccccc1O. The first-order valence-electron chi connectivity index (χ1n) is 4.42. The first-order valence-corrected chi connectivity index (χ1v) is 5.40. The quantitative estimate of drug-likeness (QED) is 0.782. The van der Waals surface area contributed by atoms with E-state index in [-0.39, 0.29) is 11.5 Å². The molecule has 0 aromatic heterocycles. The molecule has 0 aliphatic rings. The van der Waals surface area contributed by atoms with Crippen LogP contribution in [0.1, 0.15) is 0 Å². The summed E-state index contributed by atoms with van der Waals surface area (Å²) in [5.41, 5.74) is 0. The third kappa shape index (κ3) is 3.82. The highest BCUT2D eigenvalue weighted by Crippen LogP contribution is 2.27. The molecule has 0 aliphatic carbocycles. The van der Waals surface area contributed by atoms with Crippen molar-refractivity contribution in [1.82, 2.24) is 5.32 Å². The molecule has 0 unspecified atom stereocenters. The summed E-state index contributed by atoms with van der Waals surface area (Å²) in [5, 5.41) is 11.4. The van der Waals surface area contributed by atoms with Crippen molar-refractivity contribution in [2.45, 2.75) is 4.90 Å². The summed E-state index contributed by atoms with van der Waals surface area (Å²) in [6.07, 6.45) is -0.789. The fourth-order valence-corrected chi connectivity index (χ4v) is 1.67. The molecule has 5 nitrogen and oxygen atoms in total. The Bertz CT molecular complexity index is 394. The predicted octanol–water partition coefficient (Wildman–Crippen LogP) is 1.37. The lowest BCUT2D eigenvalue weighted by Crippen LogP contribution is -2.31. The lowest BCUT2D eigenvalue weighted by Gasteiger charge is -2.04. The van der Waals surface area contributed by atoms with Crippen LogP contribution in [0, 0.1) is 0 Å². The third-order valence-corrected chi connectivity index (χ3v) is 2.71. The molecule has 1 aromatic rings. The Kier molecular flexibility index (Phi) is 4.65. The number of amides is 2. The molecule has 16 heavy (non-hydrogen) atoms. The summed E-state index contributed by atoms with van der Waals surface area (Å²) < 4.78 is 4.27. The summed E-state index contributed by atoms with van der Waals surface area (Å²) >= 11 is 1.14. The average Bonchev–Trinajstić information content (AvgIpc) is 2.28. The van der Waals surface area contributed by atoms with E-state index in [1.54, 1.807) is 18.2 Å². The number of imide groups is 1. The number of rotatable bonds is 3. The van der Waals surface area contributed by atoms with Crippen molar-refractivity contribution in [3.05, 3.63) is 24.3 Å². The van der Waals surface area contributed by atoms with Crippen LogP contribution < -0.4 is 5.32 Å². The number of carbonyl (C=O) groups excluding carboxylic acids is 2. The van der Waals surface area contributed by atoms with Gasteiger partial charge in [-0.05, 0) is 12.1 Å². The molecule has 86 valence electrons. The van der Waals surface area contributed by atoms with Gasteiger partial charge in [-0.15, -0.1) is 11.8 Å². The highest BCUT2D eigenvalue weighted by Gasteiger charge is 2.09. The molecule has 2 N–H and O–H groups in total. The van der Waals surface area contributed by atoms with Gasteiger partial charge in [0.25, 0.3) is 0 Å². The van der Waals surface area contributed by atoms with Crippen molar-refractivity contribution in [3.63, 3.8) is 0 Å². The molecule has 2 amide bonds. The summed E-state index contributed by atoms with van der Waals surface area (Å²) in [6, 6.07) is 6.65. The number of alkyl carbamates (subject to hydrolysis) is 1. The van der Waals surface area contributed by atoms with E-state index in [4.69, 9.17) is 0 Å². The fraction of sp³-hybridized carbons (Fsp3) is 0.200. The van der Waals surface area contributed by atoms with Crippen LogP contribution in [0.15, 0.2) is 29.2 Å². The second kappa shape index (κ2) is 6.02. The molecule has 0 saturated heterocycles. The largest absolute Gasteiger partial charge is 0.507 e. The van der Waals surface area contributed by atoms with Crippen molar-refractivity contribution in [2.75, 3.05) is 12.9 Å². The molecule has 0 bridgehead atoms. The standard InChI is InChI=1S/C10H11NO4S/c1-15-10(14)11-9(13)6-16-8-5-3-2-4-7(8)12/h2-5,12H,6H2,1H3,(H,11,13,14). The van der Waals surface area contributed by atoms with Crippen molar-refractivity contribution in [2.24, 2.45) is 0 Å². The first kappa shape index (κ1) is 12.4. The highest BCUT2D eigenvalue weighted by atomic mass is 32.2. The number of nitrogens with one attached hydrogen (secondary N) is 1. The van der Waals surface area contributed by atoms with E-state index < -0.39 is 12.0 Å². The number of aromatic hydroxyl groups is 1. The molecule has 0 heterocycles. The molecular weight excluding hydrogens is 230 g/mol. The van der Waals surface area contributed by atoms with Crippen LogP contribution in [-0.2, 0) is 9.53 Å². The van der Waals surface area contributed by atoms with E-state index in [0.717, 1.165) is 11.8 Å². The first-order chi connectivity index (χ1) is 7.63. The zero-order valence-electron chi connectivity index (χ0n) is 8.60. The van der Waals surface area contributed by atoms with Gasteiger partial charge in [0, 0.05) is 4.90 Å². The Labute approximate surface area is 96.8 Å². The maximum absolute atomic E-state index is 11.2. The van der Waals surface area contributed by atoms with E-state index >= 15 is 0 Å². The second-order valence-corrected chi connectivity index (χ2v) is 3.81. The van der Waals surface area contributed by atoms with Crippen LogP contribution in [-0.4, -0.2) is 30.0 Å². The topological polar surface area (TPSA) is 75.6 Å². The number of carbonyl (C=O) groups is 2.